The normalized spacial score (nSPS) is 15.5. The average molecular weight is 210 g/mol. The number of nitrogens with one attached hydrogen (secondary N) is 1. The molecule has 1 aliphatic rings. The third-order valence-corrected chi connectivity index (χ3v) is 2.65. The lowest BCUT2D eigenvalue weighted by molar-refractivity contribution is 0.0958. The molecule has 0 spiro atoms. The molecule has 2 rings (SSSR count). The number of aromatic nitrogens is 1. The minimum Gasteiger partial charge on any atom is -0.429 e. The van der Waals surface area contributed by atoms with E-state index in [0.29, 0.717) is 31.6 Å². The van der Waals surface area contributed by atoms with Gasteiger partial charge >= 0.3 is 0 Å². The molecule has 0 radical (unpaired) electrons. The fraction of sp³-hybridized carbons (Fsp3) is 0.500. The second-order valence-corrected chi connectivity index (χ2v) is 3.50. The maximum Gasteiger partial charge on any atom is 0.252 e. The Morgan fingerprint density at radius 3 is 3.00 bits per heavy atom. The van der Waals surface area contributed by atoms with Crippen LogP contribution in [-0.4, -0.2) is 36.1 Å². The Balaban J connectivity index is 2.44. The lowest BCUT2D eigenvalue weighted by Gasteiger charge is -2.01. The van der Waals surface area contributed by atoms with Gasteiger partial charge in [0.1, 0.15) is 0 Å². The Bertz CT molecular complexity index is 384. The Hall–Kier alpha value is -1.49. The molecule has 82 valence electrons. The van der Waals surface area contributed by atoms with Crippen molar-refractivity contribution in [2.75, 3.05) is 20.3 Å². The van der Waals surface area contributed by atoms with E-state index in [1.807, 2.05) is 0 Å². The van der Waals surface area contributed by atoms with Crippen molar-refractivity contribution in [3.05, 3.63) is 23.0 Å². The van der Waals surface area contributed by atoms with Crippen molar-refractivity contribution in [2.45, 2.75) is 12.8 Å². The first-order valence-electron chi connectivity index (χ1n) is 4.96. The first kappa shape index (κ1) is 10.0. The summed E-state index contributed by atoms with van der Waals surface area (Å²) in [6.07, 6.45) is 2.78. The molecule has 0 aromatic carbocycles. The lowest BCUT2D eigenvalue weighted by atomic mass is 10.1. The van der Waals surface area contributed by atoms with Gasteiger partial charge in [0.15, 0.2) is 0 Å². The van der Waals surface area contributed by atoms with Crippen molar-refractivity contribution in [1.82, 2.24) is 10.0 Å². The predicted octanol–water partition coefficient (Wildman–Crippen LogP) is 0.200. The zero-order valence-corrected chi connectivity index (χ0v) is 8.62. The second-order valence-electron chi connectivity index (χ2n) is 3.50. The standard InChI is InChI=1S/C10H14N2O3/c1-11-10(13)8-6-12(14)9-3-5-15-4-2-7(8)9/h6,14H,2-5H2,1H3,(H,11,13). The number of carbonyl (C=O) groups is 1. The highest BCUT2D eigenvalue weighted by molar-refractivity contribution is 5.95. The fourth-order valence-electron chi connectivity index (χ4n) is 1.89. The van der Waals surface area contributed by atoms with Crippen LogP contribution in [0, 0.1) is 0 Å². The topological polar surface area (TPSA) is 63.5 Å². The number of ether oxygens (including phenoxy) is 1. The van der Waals surface area contributed by atoms with Gasteiger partial charge in [0.05, 0.1) is 30.7 Å². The fourth-order valence-corrected chi connectivity index (χ4v) is 1.89. The van der Waals surface area contributed by atoms with Crippen LogP contribution in [0.25, 0.3) is 0 Å². The molecule has 0 aliphatic carbocycles. The zero-order valence-electron chi connectivity index (χ0n) is 8.62. The van der Waals surface area contributed by atoms with Gasteiger partial charge in [0.2, 0.25) is 0 Å². The maximum absolute atomic E-state index is 11.5. The monoisotopic (exact) mass is 210 g/mol. The molecule has 1 amide bonds. The number of carbonyl (C=O) groups excluding carboxylic acids is 1. The first-order chi connectivity index (χ1) is 7.24. The zero-order chi connectivity index (χ0) is 10.8. The highest BCUT2D eigenvalue weighted by atomic mass is 16.5. The van der Waals surface area contributed by atoms with Crippen LogP contribution in [0.5, 0.6) is 0 Å². The Morgan fingerprint density at radius 1 is 1.53 bits per heavy atom. The Labute approximate surface area is 87.6 Å². The molecular weight excluding hydrogens is 196 g/mol. The molecule has 0 unspecified atom stereocenters. The summed E-state index contributed by atoms with van der Waals surface area (Å²) >= 11 is 0. The summed E-state index contributed by atoms with van der Waals surface area (Å²) in [5.74, 6) is -0.166. The summed E-state index contributed by atoms with van der Waals surface area (Å²) in [7, 11) is 1.58. The van der Waals surface area contributed by atoms with Crippen LogP contribution in [0.4, 0.5) is 0 Å². The molecule has 15 heavy (non-hydrogen) atoms. The number of hydrogen-bond acceptors (Lipinski definition) is 3. The summed E-state index contributed by atoms with van der Waals surface area (Å²) in [5.41, 5.74) is 2.22. The van der Waals surface area contributed by atoms with Crippen LogP contribution in [0.1, 0.15) is 21.6 Å². The van der Waals surface area contributed by atoms with Crippen LogP contribution < -0.4 is 5.32 Å². The van der Waals surface area contributed by atoms with Crippen molar-refractivity contribution in [1.29, 1.82) is 0 Å². The summed E-state index contributed by atoms with van der Waals surface area (Å²) < 4.78 is 6.34. The van der Waals surface area contributed by atoms with Gasteiger partial charge in [0, 0.05) is 13.5 Å². The van der Waals surface area contributed by atoms with E-state index in [4.69, 9.17) is 4.74 Å². The van der Waals surface area contributed by atoms with E-state index in [-0.39, 0.29) is 5.91 Å². The molecule has 1 aromatic heterocycles. The quantitative estimate of drug-likeness (QED) is 0.651. The summed E-state index contributed by atoms with van der Waals surface area (Å²) in [4.78, 5) is 11.5. The van der Waals surface area contributed by atoms with Crippen molar-refractivity contribution < 1.29 is 14.7 Å². The highest BCUT2D eigenvalue weighted by Crippen LogP contribution is 2.20. The molecule has 0 bridgehead atoms. The molecular formula is C10H14N2O3. The highest BCUT2D eigenvalue weighted by Gasteiger charge is 2.21. The number of hydrogen-bond donors (Lipinski definition) is 2. The second kappa shape index (κ2) is 3.94. The molecule has 0 saturated heterocycles. The average Bonchev–Trinajstić information content (AvgIpc) is 2.45. The number of nitrogens with zero attached hydrogens (tertiary/aromatic N) is 1. The van der Waals surface area contributed by atoms with Crippen molar-refractivity contribution in [2.24, 2.45) is 0 Å². The van der Waals surface area contributed by atoms with Crippen molar-refractivity contribution in [3.8, 4) is 0 Å². The molecule has 0 saturated carbocycles. The van der Waals surface area contributed by atoms with Gasteiger partial charge in [-0.15, -0.1) is 0 Å². The third kappa shape index (κ3) is 1.70. The molecule has 5 heteroatoms. The Kier molecular flexibility index (Phi) is 2.64. The van der Waals surface area contributed by atoms with E-state index in [2.05, 4.69) is 5.32 Å². The van der Waals surface area contributed by atoms with E-state index >= 15 is 0 Å². The number of rotatable bonds is 1. The first-order valence-corrected chi connectivity index (χ1v) is 4.96. The molecule has 0 atom stereocenters. The van der Waals surface area contributed by atoms with Crippen LogP contribution in [0.3, 0.4) is 0 Å². The molecule has 0 fully saturated rings. The summed E-state index contributed by atoms with van der Waals surface area (Å²) in [6, 6.07) is 0. The van der Waals surface area contributed by atoms with Gasteiger partial charge in [-0.1, -0.05) is 0 Å². The van der Waals surface area contributed by atoms with Crippen LogP contribution in [0.15, 0.2) is 6.20 Å². The smallest absolute Gasteiger partial charge is 0.252 e. The molecule has 2 N–H and O–H groups in total. The van der Waals surface area contributed by atoms with E-state index in [0.717, 1.165) is 16.0 Å². The van der Waals surface area contributed by atoms with Gasteiger partial charge < -0.3 is 15.3 Å². The van der Waals surface area contributed by atoms with Crippen LogP contribution in [-0.2, 0) is 17.6 Å². The third-order valence-electron chi connectivity index (χ3n) is 2.65. The number of amides is 1. The van der Waals surface area contributed by atoms with Gasteiger partial charge in [-0.3, -0.25) is 4.79 Å². The van der Waals surface area contributed by atoms with Gasteiger partial charge in [-0.05, 0) is 12.0 Å². The van der Waals surface area contributed by atoms with E-state index in [9.17, 15) is 10.0 Å². The Morgan fingerprint density at radius 2 is 2.27 bits per heavy atom. The minimum absolute atomic E-state index is 0.166. The lowest BCUT2D eigenvalue weighted by Crippen LogP contribution is -2.19. The van der Waals surface area contributed by atoms with E-state index in [1.54, 1.807) is 7.05 Å². The van der Waals surface area contributed by atoms with Crippen molar-refractivity contribution >= 4 is 5.91 Å². The number of fused-ring (bicyclic) bond motifs is 1. The largest absolute Gasteiger partial charge is 0.429 e. The van der Waals surface area contributed by atoms with Gasteiger partial charge in [-0.2, -0.15) is 4.73 Å². The van der Waals surface area contributed by atoms with E-state index < -0.39 is 0 Å². The summed E-state index contributed by atoms with van der Waals surface area (Å²) in [6.45, 7) is 1.19. The molecule has 5 nitrogen and oxygen atoms in total. The molecule has 1 aliphatic heterocycles. The van der Waals surface area contributed by atoms with E-state index in [1.165, 1.54) is 6.20 Å². The van der Waals surface area contributed by atoms with Gasteiger partial charge in [-0.25, -0.2) is 0 Å². The SMILES string of the molecule is CNC(=O)c1cn(O)c2c1CCOCC2. The summed E-state index contributed by atoms with van der Waals surface area (Å²) in [5, 5.41) is 12.2. The van der Waals surface area contributed by atoms with Crippen LogP contribution >= 0.6 is 0 Å². The molecule has 1 aromatic rings. The predicted molar refractivity (Wildman–Crippen MR) is 53.2 cm³/mol. The minimum atomic E-state index is -0.166. The molecule has 2 heterocycles. The van der Waals surface area contributed by atoms with Crippen LogP contribution in [0.2, 0.25) is 0 Å². The van der Waals surface area contributed by atoms with Crippen molar-refractivity contribution in [3.63, 3.8) is 0 Å². The van der Waals surface area contributed by atoms with Gasteiger partial charge in [0.25, 0.3) is 5.91 Å². The maximum atomic E-state index is 11.5.